The van der Waals surface area contributed by atoms with Gasteiger partial charge in [0.2, 0.25) is 0 Å². The van der Waals surface area contributed by atoms with Crippen molar-refractivity contribution in [2.75, 3.05) is 0 Å². The molecule has 1 unspecified atom stereocenters. The molecule has 0 saturated heterocycles. The number of aliphatic hydroxyl groups excluding tert-OH is 1. The third-order valence-electron chi connectivity index (χ3n) is 2.14. The van der Waals surface area contributed by atoms with E-state index in [1.54, 1.807) is 19.3 Å². The molecule has 0 amide bonds. The van der Waals surface area contributed by atoms with Gasteiger partial charge in [0.15, 0.2) is 0 Å². The Morgan fingerprint density at radius 1 is 1.21 bits per heavy atom. The van der Waals surface area contributed by atoms with Crippen LogP contribution in [0.4, 0.5) is 0 Å². The van der Waals surface area contributed by atoms with Crippen molar-refractivity contribution in [3.8, 4) is 0 Å². The Labute approximate surface area is 82.4 Å². The van der Waals surface area contributed by atoms with Crippen molar-refractivity contribution in [3.05, 3.63) is 36.2 Å². The molecule has 0 aliphatic carbocycles. The number of aliphatic hydroxyl groups is 1. The summed E-state index contributed by atoms with van der Waals surface area (Å²) in [7, 11) is 0. The van der Waals surface area contributed by atoms with Gasteiger partial charge in [-0.05, 0) is 25.0 Å². The van der Waals surface area contributed by atoms with Crippen LogP contribution in [0.25, 0.3) is 10.8 Å². The molecule has 0 fully saturated rings. The summed E-state index contributed by atoms with van der Waals surface area (Å²) < 4.78 is 0. The molecule has 2 rings (SSSR count). The van der Waals surface area contributed by atoms with Crippen molar-refractivity contribution < 1.29 is 5.11 Å². The topological polar surface area (TPSA) is 46.0 Å². The minimum absolute atomic E-state index is 0.303. The molecule has 1 heterocycles. The van der Waals surface area contributed by atoms with Crippen molar-refractivity contribution in [1.82, 2.24) is 10.2 Å². The van der Waals surface area contributed by atoms with Gasteiger partial charge in [-0.2, -0.15) is 10.2 Å². The van der Waals surface area contributed by atoms with Crippen LogP contribution in [0.2, 0.25) is 0 Å². The average molecular weight is 188 g/mol. The Hall–Kier alpha value is -1.48. The van der Waals surface area contributed by atoms with Crippen LogP contribution in [0.3, 0.4) is 0 Å². The maximum atomic E-state index is 9.25. The van der Waals surface area contributed by atoms with Crippen LogP contribution in [-0.2, 0) is 6.42 Å². The molecule has 0 bridgehead atoms. The fourth-order valence-electron chi connectivity index (χ4n) is 1.51. The van der Waals surface area contributed by atoms with E-state index in [0.717, 1.165) is 16.3 Å². The molecule has 0 aliphatic rings. The molecule has 2 aromatic rings. The highest BCUT2D eigenvalue weighted by molar-refractivity contribution is 5.81. The Bertz CT molecular complexity index is 440. The fourth-order valence-corrected chi connectivity index (χ4v) is 1.51. The van der Waals surface area contributed by atoms with Crippen LogP contribution in [0.15, 0.2) is 30.6 Å². The lowest BCUT2D eigenvalue weighted by Gasteiger charge is -2.04. The maximum absolute atomic E-state index is 9.25. The van der Waals surface area contributed by atoms with E-state index in [1.807, 2.05) is 18.2 Å². The monoisotopic (exact) mass is 188 g/mol. The van der Waals surface area contributed by atoms with Gasteiger partial charge in [0, 0.05) is 10.8 Å². The first-order chi connectivity index (χ1) is 6.75. The zero-order valence-electron chi connectivity index (χ0n) is 8.01. The van der Waals surface area contributed by atoms with E-state index < -0.39 is 0 Å². The van der Waals surface area contributed by atoms with Crippen LogP contribution in [0, 0.1) is 0 Å². The summed E-state index contributed by atoms with van der Waals surface area (Å²) in [5.41, 5.74) is 1.13. The van der Waals surface area contributed by atoms with Gasteiger partial charge >= 0.3 is 0 Å². The largest absolute Gasteiger partial charge is 0.393 e. The van der Waals surface area contributed by atoms with Crippen molar-refractivity contribution >= 4 is 10.8 Å². The molecular formula is C11H12N2O. The van der Waals surface area contributed by atoms with Crippen molar-refractivity contribution in [2.24, 2.45) is 0 Å². The minimum Gasteiger partial charge on any atom is -0.393 e. The summed E-state index contributed by atoms with van der Waals surface area (Å²) in [5, 5.41) is 19.0. The molecule has 0 spiro atoms. The van der Waals surface area contributed by atoms with Crippen molar-refractivity contribution in [1.29, 1.82) is 0 Å². The molecule has 1 atom stereocenters. The van der Waals surface area contributed by atoms with E-state index in [9.17, 15) is 5.11 Å². The van der Waals surface area contributed by atoms with Crippen LogP contribution in [-0.4, -0.2) is 21.4 Å². The van der Waals surface area contributed by atoms with Gasteiger partial charge < -0.3 is 5.11 Å². The average Bonchev–Trinajstić information content (AvgIpc) is 2.17. The van der Waals surface area contributed by atoms with E-state index in [-0.39, 0.29) is 6.10 Å². The Morgan fingerprint density at radius 3 is 2.64 bits per heavy atom. The molecular weight excluding hydrogens is 176 g/mol. The van der Waals surface area contributed by atoms with Gasteiger partial charge in [-0.15, -0.1) is 0 Å². The van der Waals surface area contributed by atoms with Gasteiger partial charge in [0.1, 0.15) is 0 Å². The predicted octanol–water partition coefficient (Wildman–Crippen LogP) is 1.55. The van der Waals surface area contributed by atoms with Crippen LogP contribution >= 0.6 is 0 Å². The first-order valence-electron chi connectivity index (χ1n) is 4.63. The maximum Gasteiger partial charge on any atom is 0.0574 e. The number of nitrogens with zero attached hydrogens (tertiary/aromatic N) is 2. The zero-order chi connectivity index (χ0) is 9.97. The first kappa shape index (κ1) is 9.09. The summed E-state index contributed by atoms with van der Waals surface area (Å²) >= 11 is 0. The van der Waals surface area contributed by atoms with E-state index in [0.29, 0.717) is 6.42 Å². The third-order valence-corrected chi connectivity index (χ3v) is 2.14. The standard InChI is InChI=1S/C11H12N2O/c1-8(14)4-9-2-3-10-6-12-13-7-11(10)5-9/h2-3,5-8,14H,4H2,1H3. The molecule has 14 heavy (non-hydrogen) atoms. The van der Waals surface area contributed by atoms with Gasteiger partial charge in [-0.1, -0.05) is 12.1 Å². The van der Waals surface area contributed by atoms with E-state index in [2.05, 4.69) is 10.2 Å². The van der Waals surface area contributed by atoms with E-state index >= 15 is 0 Å². The van der Waals surface area contributed by atoms with Crippen molar-refractivity contribution in [3.63, 3.8) is 0 Å². The summed E-state index contributed by atoms with van der Waals surface area (Å²) in [6, 6.07) is 6.05. The Balaban J connectivity index is 2.41. The highest BCUT2D eigenvalue weighted by Crippen LogP contribution is 2.14. The molecule has 1 aromatic heterocycles. The predicted molar refractivity (Wildman–Crippen MR) is 54.9 cm³/mol. The molecule has 0 radical (unpaired) electrons. The lowest BCUT2D eigenvalue weighted by atomic mass is 10.1. The minimum atomic E-state index is -0.303. The highest BCUT2D eigenvalue weighted by atomic mass is 16.3. The SMILES string of the molecule is CC(O)Cc1ccc2cnncc2c1. The number of aromatic nitrogens is 2. The molecule has 0 aliphatic heterocycles. The fraction of sp³-hybridized carbons (Fsp3) is 0.273. The first-order valence-corrected chi connectivity index (χ1v) is 4.63. The highest BCUT2D eigenvalue weighted by Gasteiger charge is 2.00. The summed E-state index contributed by atoms with van der Waals surface area (Å²) in [5.74, 6) is 0. The normalized spacial score (nSPS) is 13.0. The van der Waals surface area contributed by atoms with Gasteiger partial charge in [0.25, 0.3) is 0 Å². The lowest BCUT2D eigenvalue weighted by Crippen LogP contribution is -2.03. The van der Waals surface area contributed by atoms with Crippen LogP contribution in [0.5, 0.6) is 0 Å². The van der Waals surface area contributed by atoms with Gasteiger partial charge in [0.05, 0.1) is 18.5 Å². The Kier molecular flexibility index (Phi) is 2.41. The number of hydrogen-bond donors (Lipinski definition) is 1. The van der Waals surface area contributed by atoms with Crippen LogP contribution in [0.1, 0.15) is 12.5 Å². The number of rotatable bonds is 2. The quantitative estimate of drug-likeness (QED) is 0.777. The van der Waals surface area contributed by atoms with Crippen LogP contribution < -0.4 is 0 Å². The summed E-state index contributed by atoms with van der Waals surface area (Å²) in [6.07, 6.45) is 3.85. The molecule has 1 N–H and O–H groups in total. The Morgan fingerprint density at radius 2 is 1.93 bits per heavy atom. The van der Waals surface area contributed by atoms with Gasteiger partial charge in [-0.3, -0.25) is 0 Å². The molecule has 1 aromatic carbocycles. The second-order valence-corrected chi connectivity index (χ2v) is 3.51. The van der Waals surface area contributed by atoms with Crippen molar-refractivity contribution in [2.45, 2.75) is 19.4 Å². The second-order valence-electron chi connectivity index (χ2n) is 3.51. The van der Waals surface area contributed by atoms with Gasteiger partial charge in [-0.25, -0.2) is 0 Å². The third kappa shape index (κ3) is 1.88. The molecule has 0 saturated carbocycles. The summed E-state index contributed by atoms with van der Waals surface area (Å²) in [4.78, 5) is 0. The molecule has 3 nitrogen and oxygen atoms in total. The number of hydrogen-bond acceptors (Lipinski definition) is 3. The lowest BCUT2D eigenvalue weighted by molar-refractivity contribution is 0.195. The van der Waals surface area contributed by atoms with E-state index in [4.69, 9.17) is 0 Å². The second kappa shape index (κ2) is 3.72. The van der Waals surface area contributed by atoms with E-state index in [1.165, 1.54) is 0 Å². The molecule has 72 valence electrons. The zero-order valence-corrected chi connectivity index (χ0v) is 8.01. The number of benzene rings is 1. The number of fused-ring (bicyclic) bond motifs is 1. The summed E-state index contributed by atoms with van der Waals surface area (Å²) in [6.45, 7) is 1.79. The smallest absolute Gasteiger partial charge is 0.0574 e. The molecule has 3 heteroatoms.